The molecule has 2 aromatic carbocycles. The van der Waals surface area contributed by atoms with Crippen molar-refractivity contribution >= 4 is 57.2 Å². The van der Waals surface area contributed by atoms with E-state index in [4.69, 9.17) is 23.2 Å². The van der Waals surface area contributed by atoms with Crippen molar-refractivity contribution in [2.24, 2.45) is 5.10 Å². The fraction of sp³-hybridized carbons (Fsp3) is 0.0625. The summed E-state index contributed by atoms with van der Waals surface area (Å²) in [7, 11) is 0. The number of nitrogens with one attached hydrogen (secondary N) is 2. The van der Waals surface area contributed by atoms with E-state index in [-0.39, 0.29) is 17.1 Å². The molecule has 2 aromatic rings. The third-order valence-corrected chi connectivity index (χ3v) is 3.95. The minimum absolute atomic E-state index is 0.204. The first-order chi connectivity index (χ1) is 11.5. The van der Waals surface area contributed by atoms with E-state index in [1.165, 1.54) is 18.3 Å². The number of nitrogens with zero attached hydrogens (tertiary/aromatic N) is 1. The monoisotopic (exact) mass is 427 g/mol. The van der Waals surface area contributed by atoms with Gasteiger partial charge in [0.2, 0.25) is 0 Å². The molecule has 0 aliphatic carbocycles. The van der Waals surface area contributed by atoms with Crippen LogP contribution in [0.5, 0.6) is 0 Å². The van der Waals surface area contributed by atoms with Crippen LogP contribution in [-0.2, 0) is 4.79 Å². The Labute approximate surface area is 157 Å². The van der Waals surface area contributed by atoms with Crippen LogP contribution in [-0.4, -0.2) is 24.6 Å². The zero-order valence-electron chi connectivity index (χ0n) is 12.2. The minimum Gasteiger partial charge on any atom is -0.343 e. The Morgan fingerprint density at radius 1 is 1.12 bits per heavy atom. The van der Waals surface area contributed by atoms with Crippen molar-refractivity contribution in [3.8, 4) is 0 Å². The van der Waals surface area contributed by atoms with Gasteiger partial charge in [-0.15, -0.1) is 0 Å². The number of rotatable bonds is 5. The van der Waals surface area contributed by atoms with Crippen molar-refractivity contribution in [3.63, 3.8) is 0 Å². The largest absolute Gasteiger partial charge is 0.343 e. The first-order valence-corrected chi connectivity index (χ1v) is 8.31. The predicted molar refractivity (Wildman–Crippen MR) is 98.7 cm³/mol. The van der Waals surface area contributed by atoms with Gasteiger partial charge in [-0.2, -0.15) is 5.10 Å². The normalized spacial score (nSPS) is 10.6. The van der Waals surface area contributed by atoms with E-state index in [1.807, 2.05) is 24.3 Å². The summed E-state index contributed by atoms with van der Waals surface area (Å²) in [6, 6.07) is 11.9. The maximum Gasteiger partial charge on any atom is 0.259 e. The fourth-order valence-corrected chi connectivity index (χ4v) is 2.33. The van der Waals surface area contributed by atoms with E-state index in [9.17, 15) is 9.59 Å². The second kappa shape index (κ2) is 8.82. The van der Waals surface area contributed by atoms with Gasteiger partial charge in [-0.3, -0.25) is 9.59 Å². The van der Waals surface area contributed by atoms with E-state index < -0.39 is 11.8 Å². The fourth-order valence-electron chi connectivity index (χ4n) is 1.69. The molecule has 0 bridgehead atoms. The number of hydrogen-bond donors (Lipinski definition) is 2. The van der Waals surface area contributed by atoms with Crippen LogP contribution in [0.1, 0.15) is 15.9 Å². The SMILES string of the molecule is O=C(CNC(=O)c1cc(Cl)ccc1Cl)N/N=C/c1ccc(Br)cc1. The number of benzene rings is 2. The highest BCUT2D eigenvalue weighted by molar-refractivity contribution is 9.10. The Hall–Kier alpha value is -1.89. The van der Waals surface area contributed by atoms with Gasteiger partial charge in [0.05, 0.1) is 23.3 Å². The molecule has 0 saturated heterocycles. The van der Waals surface area contributed by atoms with Gasteiger partial charge < -0.3 is 5.32 Å². The quantitative estimate of drug-likeness (QED) is 0.563. The van der Waals surface area contributed by atoms with Crippen LogP contribution < -0.4 is 10.7 Å². The molecule has 0 aliphatic rings. The Balaban J connectivity index is 1.83. The highest BCUT2D eigenvalue weighted by Gasteiger charge is 2.12. The van der Waals surface area contributed by atoms with Crippen LogP contribution in [0.2, 0.25) is 10.0 Å². The smallest absolute Gasteiger partial charge is 0.259 e. The molecule has 0 unspecified atom stereocenters. The predicted octanol–water partition coefficient (Wildman–Crippen LogP) is 3.64. The number of amides is 2. The minimum atomic E-state index is -0.491. The topological polar surface area (TPSA) is 70.6 Å². The van der Waals surface area contributed by atoms with E-state index in [1.54, 1.807) is 6.07 Å². The molecule has 8 heteroatoms. The molecule has 0 aromatic heterocycles. The molecule has 2 amide bonds. The van der Waals surface area contributed by atoms with Gasteiger partial charge in [-0.25, -0.2) is 5.43 Å². The molecule has 124 valence electrons. The Morgan fingerprint density at radius 3 is 2.54 bits per heavy atom. The van der Waals surface area contributed by atoms with Crippen molar-refractivity contribution in [2.75, 3.05) is 6.54 Å². The number of carbonyl (C=O) groups excluding carboxylic acids is 2. The van der Waals surface area contributed by atoms with Gasteiger partial charge >= 0.3 is 0 Å². The summed E-state index contributed by atoms with van der Waals surface area (Å²) in [6.07, 6.45) is 1.50. The molecule has 0 aliphatic heterocycles. The lowest BCUT2D eigenvalue weighted by Gasteiger charge is -2.06. The molecule has 0 atom stereocenters. The maximum atomic E-state index is 12.0. The third kappa shape index (κ3) is 5.63. The summed E-state index contributed by atoms with van der Waals surface area (Å²) in [5, 5.41) is 6.90. The molecule has 0 heterocycles. The van der Waals surface area contributed by atoms with Crippen molar-refractivity contribution in [1.29, 1.82) is 0 Å². The number of carbonyl (C=O) groups is 2. The van der Waals surface area contributed by atoms with Crippen molar-refractivity contribution in [2.45, 2.75) is 0 Å². The molecule has 0 fully saturated rings. The molecule has 2 rings (SSSR count). The molecule has 2 N–H and O–H groups in total. The summed E-state index contributed by atoms with van der Waals surface area (Å²) >= 11 is 15.1. The highest BCUT2D eigenvalue weighted by atomic mass is 79.9. The zero-order chi connectivity index (χ0) is 17.5. The maximum absolute atomic E-state index is 12.0. The average Bonchev–Trinajstić information content (AvgIpc) is 2.56. The Morgan fingerprint density at radius 2 is 1.83 bits per heavy atom. The van der Waals surface area contributed by atoms with E-state index in [0.29, 0.717) is 5.02 Å². The average molecular weight is 429 g/mol. The lowest BCUT2D eigenvalue weighted by molar-refractivity contribution is -0.120. The highest BCUT2D eigenvalue weighted by Crippen LogP contribution is 2.20. The first-order valence-electron chi connectivity index (χ1n) is 6.76. The van der Waals surface area contributed by atoms with Crippen LogP contribution in [0.25, 0.3) is 0 Å². The molecular formula is C16H12BrCl2N3O2. The molecule has 24 heavy (non-hydrogen) atoms. The van der Waals surface area contributed by atoms with E-state index in [0.717, 1.165) is 10.0 Å². The standard InChI is InChI=1S/C16H12BrCl2N3O2/c17-11-3-1-10(2-4-11)8-21-22-15(23)9-20-16(24)13-7-12(18)5-6-14(13)19/h1-8H,9H2,(H,20,24)(H,22,23)/b21-8+. The van der Waals surface area contributed by atoms with Crippen LogP contribution in [0.3, 0.4) is 0 Å². The van der Waals surface area contributed by atoms with Crippen LogP contribution >= 0.6 is 39.1 Å². The van der Waals surface area contributed by atoms with Gasteiger partial charge in [0.15, 0.2) is 0 Å². The number of hydrazone groups is 1. The Kier molecular flexibility index (Phi) is 6.78. The molecule has 5 nitrogen and oxygen atoms in total. The summed E-state index contributed by atoms with van der Waals surface area (Å²) in [6.45, 7) is -0.237. The van der Waals surface area contributed by atoms with Gasteiger partial charge in [-0.1, -0.05) is 51.3 Å². The number of halogens is 3. The second-order valence-electron chi connectivity index (χ2n) is 4.65. The van der Waals surface area contributed by atoms with Crippen LogP contribution in [0, 0.1) is 0 Å². The lowest BCUT2D eigenvalue weighted by atomic mass is 10.2. The summed E-state index contributed by atoms with van der Waals surface area (Å²) in [5.41, 5.74) is 3.35. The molecule has 0 radical (unpaired) electrons. The summed E-state index contributed by atoms with van der Waals surface area (Å²) in [4.78, 5) is 23.6. The van der Waals surface area contributed by atoms with Crippen LogP contribution in [0.4, 0.5) is 0 Å². The van der Waals surface area contributed by atoms with Crippen molar-refractivity contribution < 1.29 is 9.59 Å². The summed E-state index contributed by atoms with van der Waals surface area (Å²) < 4.78 is 0.950. The zero-order valence-corrected chi connectivity index (χ0v) is 15.3. The molecule has 0 saturated carbocycles. The molecular weight excluding hydrogens is 417 g/mol. The van der Waals surface area contributed by atoms with Crippen LogP contribution in [0.15, 0.2) is 52.0 Å². The first kappa shape index (κ1) is 18.4. The van der Waals surface area contributed by atoms with Crippen molar-refractivity contribution in [1.82, 2.24) is 10.7 Å². The van der Waals surface area contributed by atoms with E-state index in [2.05, 4.69) is 31.8 Å². The number of hydrogen-bond acceptors (Lipinski definition) is 3. The van der Waals surface area contributed by atoms with Gasteiger partial charge in [-0.05, 0) is 35.9 Å². The Bertz CT molecular complexity index is 779. The lowest BCUT2D eigenvalue weighted by Crippen LogP contribution is -2.35. The summed E-state index contributed by atoms with van der Waals surface area (Å²) in [5.74, 6) is -0.954. The van der Waals surface area contributed by atoms with Gasteiger partial charge in [0.1, 0.15) is 0 Å². The third-order valence-electron chi connectivity index (χ3n) is 2.86. The van der Waals surface area contributed by atoms with Gasteiger partial charge in [0, 0.05) is 9.50 Å². The molecule has 0 spiro atoms. The second-order valence-corrected chi connectivity index (χ2v) is 6.41. The van der Waals surface area contributed by atoms with E-state index >= 15 is 0 Å². The van der Waals surface area contributed by atoms with Crippen molar-refractivity contribution in [3.05, 3.63) is 68.1 Å². The van der Waals surface area contributed by atoms with Gasteiger partial charge in [0.25, 0.3) is 11.8 Å².